The molecule has 8 heteroatoms. The van der Waals surface area contributed by atoms with Crippen molar-refractivity contribution < 1.29 is 17.6 Å². The van der Waals surface area contributed by atoms with E-state index in [-0.39, 0.29) is 29.0 Å². The van der Waals surface area contributed by atoms with E-state index >= 15 is 0 Å². The van der Waals surface area contributed by atoms with Gasteiger partial charge in [0, 0.05) is 31.4 Å². The topological polar surface area (TPSA) is 66.5 Å². The van der Waals surface area contributed by atoms with Crippen LogP contribution in [0.2, 0.25) is 0 Å². The number of carbonyl (C=O) groups excluding carboxylic acids is 1. The maximum absolute atomic E-state index is 12.9. The van der Waals surface area contributed by atoms with E-state index in [0.717, 1.165) is 16.9 Å². The molecule has 0 atom stereocenters. The average molecular weight is 384 g/mol. The summed E-state index contributed by atoms with van der Waals surface area (Å²) in [6, 6.07) is 9.26. The molecular weight excluding hydrogens is 363 g/mol. The first kappa shape index (κ1) is 19.6. The Hall–Kier alpha value is -1.77. The molecule has 0 aliphatic rings. The maximum Gasteiger partial charge on any atom is 0.250 e. The van der Waals surface area contributed by atoms with Gasteiger partial charge in [0.15, 0.2) is 0 Å². The molecular formula is C17H21FN2O3S2. The van der Waals surface area contributed by atoms with Crippen LogP contribution in [0.25, 0.3) is 0 Å². The second kappa shape index (κ2) is 8.55. The van der Waals surface area contributed by atoms with Crippen LogP contribution in [0.3, 0.4) is 0 Å². The van der Waals surface area contributed by atoms with Gasteiger partial charge in [-0.05, 0) is 36.2 Å². The predicted octanol–water partition coefficient (Wildman–Crippen LogP) is 2.78. The predicted molar refractivity (Wildman–Crippen MR) is 96.4 cm³/mol. The van der Waals surface area contributed by atoms with Crippen LogP contribution in [0.1, 0.15) is 24.3 Å². The van der Waals surface area contributed by atoms with Crippen molar-refractivity contribution in [3.05, 3.63) is 52.7 Å². The van der Waals surface area contributed by atoms with Gasteiger partial charge in [0.2, 0.25) is 15.9 Å². The summed E-state index contributed by atoms with van der Waals surface area (Å²) >= 11 is 1.24. The van der Waals surface area contributed by atoms with Gasteiger partial charge in [0.1, 0.15) is 10.0 Å². The molecule has 2 aromatic rings. The quantitative estimate of drug-likeness (QED) is 0.761. The summed E-state index contributed by atoms with van der Waals surface area (Å²) < 4.78 is 40.3. The van der Waals surface area contributed by atoms with Crippen molar-refractivity contribution in [2.75, 3.05) is 13.1 Å². The molecule has 1 aromatic heterocycles. The minimum Gasteiger partial charge on any atom is -0.337 e. The molecule has 0 aliphatic carbocycles. The highest BCUT2D eigenvalue weighted by molar-refractivity contribution is 7.91. The molecule has 25 heavy (non-hydrogen) atoms. The molecule has 0 bridgehead atoms. The highest BCUT2D eigenvalue weighted by atomic mass is 32.2. The third-order valence-corrected chi connectivity index (χ3v) is 6.84. The van der Waals surface area contributed by atoms with Crippen molar-refractivity contribution in [3.63, 3.8) is 0 Å². The van der Waals surface area contributed by atoms with Crippen LogP contribution in [0.15, 0.2) is 40.6 Å². The Morgan fingerprint density at radius 2 is 1.88 bits per heavy atom. The Kier molecular flexibility index (Phi) is 6.69. The molecule has 0 unspecified atom stereocenters. The Labute approximate surface area is 151 Å². The lowest BCUT2D eigenvalue weighted by Gasteiger charge is -2.21. The van der Waals surface area contributed by atoms with Gasteiger partial charge in [-0.1, -0.05) is 19.1 Å². The van der Waals surface area contributed by atoms with E-state index in [1.54, 1.807) is 24.3 Å². The number of aryl methyl sites for hydroxylation is 1. The summed E-state index contributed by atoms with van der Waals surface area (Å²) in [5.41, 5.74) is 0.783. The van der Waals surface area contributed by atoms with E-state index in [2.05, 4.69) is 4.72 Å². The summed E-state index contributed by atoms with van der Waals surface area (Å²) in [5, 5.41) is 0. The van der Waals surface area contributed by atoms with E-state index in [4.69, 9.17) is 0 Å². The molecule has 0 spiro atoms. The third kappa shape index (κ3) is 5.62. The highest BCUT2D eigenvalue weighted by Crippen LogP contribution is 2.21. The van der Waals surface area contributed by atoms with E-state index in [1.165, 1.54) is 35.3 Å². The average Bonchev–Trinajstić information content (AvgIpc) is 3.05. The largest absolute Gasteiger partial charge is 0.337 e. The van der Waals surface area contributed by atoms with Crippen molar-refractivity contribution in [1.82, 2.24) is 9.62 Å². The molecule has 0 saturated heterocycles. The van der Waals surface area contributed by atoms with Crippen LogP contribution in [-0.4, -0.2) is 32.3 Å². The lowest BCUT2D eigenvalue weighted by Crippen LogP contribution is -2.36. The van der Waals surface area contributed by atoms with Gasteiger partial charge >= 0.3 is 0 Å². The van der Waals surface area contributed by atoms with Gasteiger partial charge < -0.3 is 4.90 Å². The molecule has 136 valence electrons. The van der Waals surface area contributed by atoms with Crippen LogP contribution < -0.4 is 4.72 Å². The second-order valence-corrected chi connectivity index (χ2v) is 8.70. The minimum atomic E-state index is -3.57. The van der Waals surface area contributed by atoms with E-state index in [1.807, 2.05) is 6.92 Å². The van der Waals surface area contributed by atoms with Gasteiger partial charge in [0.25, 0.3) is 0 Å². The van der Waals surface area contributed by atoms with Crippen LogP contribution in [0.4, 0.5) is 4.39 Å². The summed E-state index contributed by atoms with van der Waals surface area (Å²) in [7, 11) is -3.57. The maximum atomic E-state index is 12.9. The summed E-state index contributed by atoms with van der Waals surface area (Å²) in [5.74, 6) is -0.513. The minimum absolute atomic E-state index is 0.114. The molecule has 2 rings (SSSR count). The van der Waals surface area contributed by atoms with Crippen LogP contribution >= 0.6 is 11.3 Å². The van der Waals surface area contributed by atoms with Gasteiger partial charge in [-0.2, -0.15) is 0 Å². The SMILES string of the molecule is CCc1ccc(S(=O)(=O)NCCN(Cc2ccc(F)cc2)C(C)=O)s1. The Bertz CT molecular complexity index is 817. The molecule has 1 amide bonds. The number of hydrogen-bond acceptors (Lipinski definition) is 4. The standard InChI is InChI=1S/C17H21FN2O3S2/c1-3-16-8-9-17(24-16)25(22,23)19-10-11-20(13(2)21)12-14-4-6-15(18)7-5-14/h4-9,19H,3,10-12H2,1-2H3. The fourth-order valence-electron chi connectivity index (χ4n) is 2.24. The molecule has 1 N–H and O–H groups in total. The molecule has 1 aromatic carbocycles. The second-order valence-electron chi connectivity index (χ2n) is 5.54. The molecule has 1 heterocycles. The summed E-state index contributed by atoms with van der Waals surface area (Å²) in [6.45, 7) is 4.04. The molecule has 0 fully saturated rings. The van der Waals surface area contributed by atoms with E-state index < -0.39 is 10.0 Å². The van der Waals surface area contributed by atoms with Gasteiger partial charge in [-0.3, -0.25) is 4.79 Å². The Morgan fingerprint density at radius 3 is 2.44 bits per heavy atom. The number of carbonyl (C=O) groups is 1. The van der Waals surface area contributed by atoms with E-state index in [0.29, 0.717) is 6.54 Å². The lowest BCUT2D eigenvalue weighted by molar-refractivity contribution is -0.129. The number of nitrogens with zero attached hydrogens (tertiary/aromatic N) is 1. The molecule has 5 nitrogen and oxygen atoms in total. The number of hydrogen-bond donors (Lipinski definition) is 1. The number of sulfonamides is 1. The number of nitrogens with one attached hydrogen (secondary N) is 1. The summed E-state index contributed by atoms with van der Waals surface area (Å²) in [6.07, 6.45) is 0.788. The van der Waals surface area contributed by atoms with Crippen LogP contribution in [0.5, 0.6) is 0 Å². The van der Waals surface area contributed by atoms with Gasteiger partial charge in [-0.25, -0.2) is 17.5 Å². The number of thiophene rings is 1. The zero-order valence-corrected chi connectivity index (χ0v) is 15.8. The highest BCUT2D eigenvalue weighted by Gasteiger charge is 2.17. The Balaban J connectivity index is 1.94. The zero-order valence-electron chi connectivity index (χ0n) is 14.2. The van der Waals surface area contributed by atoms with Crippen molar-refractivity contribution in [3.8, 4) is 0 Å². The van der Waals surface area contributed by atoms with Crippen molar-refractivity contribution in [1.29, 1.82) is 0 Å². The fraction of sp³-hybridized carbons (Fsp3) is 0.353. The lowest BCUT2D eigenvalue weighted by atomic mass is 10.2. The van der Waals surface area contributed by atoms with Gasteiger partial charge in [0.05, 0.1) is 0 Å². The first-order valence-electron chi connectivity index (χ1n) is 7.90. The fourth-order valence-corrected chi connectivity index (χ4v) is 4.60. The molecule has 0 saturated carbocycles. The summed E-state index contributed by atoms with van der Waals surface area (Å²) in [4.78, 5) is 14.3. The number of benzene rings is 1. The Morgan fingerprint density at radius 1 is 1.20 bits per heavy atom. The number of halogens is 1. The van der Waals surface area contributed by atoms with Crippen LogP contribution in [0, 0.1) is 5.82 Å². The van der Waals surface area contributed by atoms with E-state index in [9.17, 15) is 17.6 Å². The first-order valence-corrected chi connectivity index (χ1v) is 10.2. The zero-order chi connectivity index (χ0) is 18.4. The third-order valence-electron chi connectivity index (χ3n) is 3.66. The van der Waals surface area contributed by atoms with Gasteiger partial charge in [-0.15, -0.1) is 11.3 Å². The van der Waals surface area contributed by atoms with Crippen molar-refractivity contribution in [2.45, 2.75) is 31.0 Å². The monoisotopic (exact) mass is 384 g/mol. The van der Waals surface area contributed by atoms with Crippen LogP contribution in [-0.2, 0) is 27.8 Å². The molecule has 0 radical (unpaired) electrons. The smallest absolute Gasteiger partial charge is 0.250 e. The number of rotatable bonds is 8. The first-order chi connectivity index (χ1) is 11.8. The molecule has 0 aliphatic heterocycles. The number of amides is 1. The normalized spacial score (nSPS) is 11.5. The van der Waals surface area contributed by atoms with Crippen molar-refractivity contribution >= 4 is 27.3 Å². The van der Waals surface area contributed by atoms with Crippen molar-refractivity contribution in [2.24, 2.45) is 0 Å².